The maximum absolute atomic E-state index is 12.7. The van der Waals surface area contributed by atoms with Crippen LogP contribution in [0.2, 0.25) is 0 Å². The van der Waals surface area contributed by atoms with E-state index in [4.69, 9.17) is 4.74 Å². The summed E-state index contributed by atoms with van der Waals surface area (Å²) in [6.07, 6.45) is 7.16. The Labute approximate surface area is 199 Å². The molecule has 1 aliphatic carbocycles. The lowest BCUT2D eigenvalue weighted by Gasteiger charge is -2.27. The maximum atomic E-state index is 12.7. The molecule has 1 saturated carbocycles. The van der Waals surface area contributed by atoms with E-state index in [1.807, 2.05) is 12.1 Å². The zero-order chi connectivity index (χ0) is 23.0. The minimum Gasteiger partial charge on any atom is -0.426 e. The van der Waals surface area contributed by atoms with Gasteiger partial charge in [0.1, 0.15) is 5.75 Å². The van der Waals surface area contributed by atoms with Crippen LogP contribution in [0.5, 0.6) is 5.75 Å². The number of carbonyl (C=O) groups excluding carboxylic acids is 1. The molecule has 0 aliphatic heterocycles. The van der Waals surface area contributed by atoms with Crippen LogP contribution >= 0.6 is 0 Å². The molecule has 4 rings (SSSR count). The molecule has 0 radical (unpaired) electrons. The summed E-state index contributed by atoms with van der Waals surface area (Å²) in [6.45, 7) is 4.47. The average Bonchev–Trinajstić information content (AvgIpc) is 2.86. The topological polar surface area (TPSA) is 26.3 Å². The molecule has 0 bridgehead atoms. The molecule has 3 aromatic carbocycles. The van der Waals surface area contributed by atoms with Gasteiger partial charge in [-0.2, -0.15) is 0 Å². The van der Waals surface area contributed by atoms with Crippen molar-refractivity contribution in [3.8, 4) is 5.75 Å². The maximum Gasteiger partial charge on any atom is 0.314 e. The third-order valence-corrected chi connectivity index (χ3v) is 7.10. The molecule has 2 heteroatoms. The number of carbonyl (C=O) groups is 1. The van der Waals surface area contributed by atoms with Gasteiger partial charge in [0.05, 0.1) is 5.92 Å². The number of benzene rings is 3. The van der Waals surface area contributed by atoms with E-state index in [9.17, 15) is 4.79 Å². The highest BCUT2D eigenvalue weighted by atomic mass is 16.5. The summed E-state index contributed by atoms with van der Waals surface area (Å²) in [6, 6.07) is 27.9. The van der Waals surface area contributed by atoms with Crippen LogP contribution in [0, 0.1) is 5.92 Å². The number of esters is 1. The second kappa shape index (κ2) is 11.3. The summed E-state index contributed by atoms with van der Waals surface area (Å²) < 4.78 is 5.68. The first-order chi connectivity index (χ1) is 16.1. The summed E-state index contributed by atoms with van der Waals surface area (Å²) in [5, 5.41) is 0. The van der Waals surface area contributed by atoms with Crippen LogP contribution in [0.3, 0.4) is 0 Å². The van der Waals surface area contributed by atoms with Crippen molar-refractivity contribution < 1.29 is 9.53 Å². The molecule has 1 atom stereocenters. The molecular formula is C31H36O2. The quantitative estimate of drug-likeness (QED) is 0.263. The van der Waals surface area contributed by atoms with E-state index in [0.717, 1.165) is 44.9 Å². The minimum atomic E-state index is -0.0676. The number of aryl methyl sites for hydroxylation is 1. The predicted octanol–water partition coefficient (Wildman–Crippen LogP) is 7.86. The zero-order valence-corrected chi connectivity index (χ0v) is 20.0. The van der Waals surface area contributed by atoms with Crippen molar-refractivity contribution in [1.82, 2.24) is 0 Å². The Balaban J connectivity index is 1.26. The molecule has 172 valence electrons. The molecule has 0 aromatic heterocycles. The van der Waals surface area contributed by atoms with E-state index in [2.05, 4.69) is 80.6 Å². The molecule has 33 heavy (non-hydrogen) atoms. The number of hydrogen-bond acceptors (Lipinski definition) is 2. The van der Waals surface area contributed by atoms with Crippen molar-refractivity contribution >= 4 is 5.97 Å². The first-order valence-corrected chi connectivity index (χ1v) is 12.6. The molecule has 2 nitrogen and oxygen atoms in total. The third-order valence-electron chi connectivity index (χ3n) is 7.10. The van der Waals surface area contributed by atoms with Crippen molar-refractivity contribution in [1.29, 1.82) is 0 Å². The van der Waals surface area contributed by atoms with Gasteiger partial charge in [-0.05, 0) is 84.7 Å². The lowest BCUT2D eigenvalue weighted by molar-refractivity contribution is -0.140. The Kier molecular flexibility index (Phi) is 7.99. The number of hydrogen-bond donors (Lipinski definition) is 0. The van der Waals surface area contributed by atoms with Crippen molar-refractivity contribution in [2.45, 2.75) is 70.6 Å². The molecule has 0 saturated heterocycles. The number of ether oxygens (including phenoxy) is 1. The van der Waals surface area contributed by atoms with E-state index in [-0.39, 0.29) is 11.9 Å². The summed E-state index contributed by atoms with van der Waals surface area (Å²) in [4.78, 5) is 12.7. The lowest BCUT2D eigenvalue weighted by Crippen LogP contribution is -2.25. The van der Waals surface area contributed by atoms with Crippen LogP contribution in [0.25, 0.3) is 0 Å². The van der Waals surface area contributed by atoms with Crippen molar-refractivity contribution in [3.63, 3.8) is 0 Å². The van der Waals surface area contributed by atoms with Gasteiger partial charge in [-0.3, -0.25) is 4.79 Å². The van der Waals surface area contributed by atoms with Gasteiger partial charge in [0, 0.05) is 0 Å². The van der Waals surface area contributed by atoms with Crippen LogP contribution in [0.1, 0.15) is 80.0 Å². The highest BCUT2D eigenvalue weighted by Crippen LogP contribution is 2.36. The Hall–Kier alpha value is -2.87. The SMILES string of the molecule is CCCc1ccc(OC(=O)C2CCC(c3ccc(CC(C)c4ccccc4)cc3)CC2)cc1. The molecule has 1 unspecified atom stereocenters. The minimum absolute atomic E-state index is 0.0163. The van der Waals surface area contributed by atoms with E-state index >= 15 is 0 Å². The Morgan fingerprint density at radius 1 is 0.848 bits per heavy atom. The molecule has 0 spiro atoms. The fourth-order valence-electron chi connectivity index (χ4n) is 5.05. The van der Waals surface area contributed by atoms with E-state index in [1.165, 1.54) is 22.3 Å². The van der Waals surface area contributed by atoms with Crippen LogP contribution in [-0.2, 0) is 17.6 Å². The fraction of sp³-hybridized carbons (Fsp3) is 0.387. The highest BCUT2D eigenvalue weighted by molar-refractivity contribution is 5.75. The van der Waals surface area contributed by atoms with Gasteiger partial charge in [0.2, 0.25) is 0 Å². The molecule has 0 N–H and O–H groups in total. The van der Waals surface area contributed by atoms with E-state index < -0.39 is 0 Å². The predicted molar refractivity (Wildman–Crippen MR) is 136 cm³/mol. The van der Waals surface area contributed by atoms with Crippen molar-refractivity contribution in [3.05, 3.63) is 101 Å². The summed E-state index contributed by atoms with van der Waals surface area (Å²) in [5.41, 5.74) is 5.48. The molecule has 0 heterocycles. The third kappa shape index (κ3) is 6.35. The Morgan fingerprint density at radius 2 is 1.48 bits per heavy atom. The Bertz CT molecular complexity index is 997. The molecule has 0 amide bonds. The van der Waals surface area contributed by atoms with Gasteiger partial charge in [-0.1, -0.05) is 87.0 Å². The highest BCUT2D eigenvalue weighted by Gasteiger charge is 2.28. The van der Waals surface area contributed by atoms with E-state index in [0.29, 0.717) is 17.6 Å². The van der Waals surface area contributed by atoms with Gasteiger partial charge in [0.15, 0.2) is 0 Å². The smallest absolute Gasteiger partial charge is 0.314 e. The van der Waals surface area contributed by atoms with Gasteiger partial charge in [0.25, 0.3) is 0 Å². The molecule has 1 aliphatic rings. The summed E-state index contributed by atoms with van der Waals surface area (Å²) in [7, 11) is 0. The standard InChI is InChI=1S/C31H36O2/c1-3-7-24-12-20-30(21-13-24)33-31(32)29-18-16-28(17-19-29)27-14-10-25(11-15-27)22-23(2)26-8-5-4-6-9-26/h4-6,8-15,20-21,23,28-29H,3,7,16-19,22H2,1-2H3. The zero-order valence-electron chi connectivity index (χ0n) is 20.0. The first-order valence-electron chi connectivity index (χ1n) is 12.6. The van der Waals surface area contributed by atoms with Crippen LogP contribution in [-0.4, -0.2) is 5.97 Å². The second-order valence-corrected chi connectivity index (χ2v) is 9.62. The van der Waals surface area contributed by atoms with Crippen LogP contribution < -0.4 is 4.74 Å². The van der Waals surface area contributed by atoms with Gasteiger partial charge >= 0.3 is 5.97 Å². The van der Waals surface area contributed by atoms with Crippen molar-refractivity contribution in [2.24, 2.45) is 5.92 Å². The lowest BCUT2D eigenvalue weighted by atomic mass is 9.78. The average molecular weight is 441 g/mol. The largest absolute Gasteiger partial charge is 0.426 e. The molecule has 3 aromatic rings. The monoisotopic (exact) mass is 440 g/mol. The van der Waals surface area contributed by atoms with Gasteiger partial charge in [-0.15, -0.1) is 0 Å². The summed E-state index contributed by atoms with van der Waals surface area (Å²) in [5.74, 6) is 1.68. The summed E-state index contributed by atoms with van der Waals surface area (Å²) >= 11 is 0. The van der Waals surface area contributed by atoms with Crippen LogP contribution in [0.4, 0.5) is 0 Å². The van der Waals surface area contributed by atoms with E-state index in [1.54, 1.807) is 0 Å². The number of rotatable bonds is 8. The second-order valence-electron chi connectivity index (χ2n) is 9.62. The molecule has 1 fully saturated rings. The van der Waals surface area contributed by atoms with Crippen LogP contribution in [0.15, 0.2) is 78.9 Å². The first kappa shape index (κ1) is 23.3. The molecular weight excluding hydrogens is 404 g/mol. The van der Waals surface area contributed by atoms with Gasteiger partial charge < -0.3 is 4.74 Å². The van der Waals surface area contributed by atoms with Gasteiger partial charge in [-0.25, -0.2) is 0 Å². The Morgan fingerprint density at radius 3 is 2.12 bits per heavy atom. The fourth-order valence-corrected chi connectivity index (χ4v) is 5.05. The van der Waals surface area contributed by atoms with Crippen molar-refractivity contribution in [2.75, 3.05) is 0 Å². The normalized spacial score (nSPS) is 19.1.